The van der Waals surface area contributed by atoms with Crippen molar-refractivity contribution in [3.63, 3.8) is 0 Å². The molecule has 0 saturated carbocycles. The smallest absolute Gasteiger partial charge is 0.119 e. The summed E-state index contributed by atoms with van der Waals surface area (Å²) < 4.78 is 46.1. The highest BCUT2D eigenvalue weighted by molar-refractivity contribution is 5.81. The van der Waals surface area contributed by atoms with Gasteiger partial charge in [-0.2, -0.15) is 0 Å². The Bertz CT molecular complexity index is 2250. The van der Waals surface area contributed by atoms with Crippen LogP contribution in [0.2, 0.25) is 0 Å². The molecular formula is C60H72N2O8. The van der Waals surface area contributed by atoms with Crippen molar-refractivity contribution in [2.75, 3.05) is 90.1 Å². The van der Waals surface area contributed by atoms with Gasteiger partial charge in [-0.1, -0.05) is 38.1 Å². The first-order valence-electron chi connectivity index (χ1n) is 25.3. The van der Waals surface area contributed by atoms with Crippen LogP contribution in [-0.4, -0.2) is 80.3 Å². The van der Waals surface area contributed by atoms with E-state index in [2.05, 4.69) is 145 Å². The molecule has 0 atom stereocenters. The van der Waals surface area contributed by atoms with Gasteiger partial charge in [0, 0.05) is 58.2 Å². The van der Waals surface area contributed by atoms with Gasteiger partial charge in [-0.15, -0.1) is 0 Å². The van der Waals surface area contributed by atoms with Gasteiger partial charge in [-0.3, -0.25) is 0 Å². The number of hydrogen-bond acceptors (Lipinski definition) is 10. The van der Waals surface area contributed by atoms with Gasteiger partial charge in [0.05, 0.1) is 67.1 Å². The van der Waals surface area contributed by atoms with Crippen LogP contribution < -0.4 is 28.7 Å². The van der Waals surface area contributed by atoms with Crippen LogP contribution in [-0.2, 0) is 18.9 Å². The topological polar surface area (TPSA) is 80.3 Å². The Labute approximate surface area is 416 Å². The van der Waals surface area contributed by atoms with Crippen molar-refractivity contribution < 1.29 is 37.9 Å². The molecule has 6 aromatic carbocycles. The van der Waals surface area contributed by atoms with Crippen LogP contribution in [0.15, 0.2) is 146 Å². The SMILES string of the molecule is CCC1(COCCCCCOc2ccc(N(c3ccc(OC)cc3)c3ccc(-c4ccc(N(c5ccc(OC)cc5)c5ccc(OCCCCCOCC6(CC)COC6)cc5)cc4)cc3)cc2)COC1. The molecule has 0 unspecified atom stereocenters. The Balaban J connectivity index is 0.885. The first-order valence-corrected chi connectivity index (χ1v) is 25.3. The van der Waals surface area contributed by atoms with Gasteiger partial charge in [-0.05, 0) is 184 Å². The molecule has 2 aliphatic rings. The molecule has 2 heterocycles. The molecule has 2 aliphatic heterocycles. The summed E-state index contributed by atoms with van der Waals surface area (Å²) in [6.07, 6.45) is 8.40. The van der Waals surface area contributed by atoms with Crippen LogP contribution in [0.3, 0.4) is 0 Å². The molecule has 0 amide bonds. The number of nitrogens with zero attached hydrogens (tertiary/aromatic N) is 2. The maximum absolute atomic E-state index is 6.17. The van der Waals surface area contributed by atoms with Crippen molar-refractivity contribution in [2.45, 2.75) is 65.2 Å². The summed E-state index contributed by atoms with van der Waals surface area (Å²) in [5.41, 5.74) is 8.93. The molecule has 10 nitrogen and oxygen atoms in total. The largest absolute Gasteiger partial charge is 0.497 e. The second kappa shape index (κ2) is 25.2. The van der Waals surface area contributed by atoms with Crippen LogP contribution in [0.4, 0.5) is 34.1 Å². The fraction of sp³-hybridized carbons (Fsp3) is 0.400. The lowest BCUT2D eigenvalue weighted by atomic mass is 9.84. The molecule has 0 bridgehead atoms. The summed E-state index contributed by atoms with van der Waals surface area (Å²) in [6, 6.07) is 50.5. The Morgan fingerprint density at radius 2 is 0.657 bits per heavy atom. The van der Waals surface area contributed by atoms with Crippen molar-refractivity contribution in [2.24, 2.45) is 10.8 Å². The quantitative estimate of drug-likeness (QED) is 0.0424. The zero-order chi connectivity index (χ0) is 48.4. The summed E-state index contributed by atoms with van der Waals surface area (Å²) in [6.45, 7) is 12.3. The molecule has 10 heteroatoms. The second-order valence-electron chi connectivity index (χ2n) is 18.8. The van der Waals surface area contributed by atoms with E-state index in [4.69, 9.17) is 37.9 Å². The lowest BCUT2D eigenvalue weighted by Crippen LogP contribution is -2.45. The fourth-order valence-corrected chi connectivity index (χ4v) is 8.83. The molecule has 0 aromatic heterocycles. The molecule has 70 heavy (non-hydrogen) atoms. The van der Waals surface area contributed by atoms with Gasteiger partial charge in [0.15, 0.2) is 0 Å². The Hall–Kier alpha value is -6.04. The summed E-state index contributed by atoms with van der Waals surface area (Å²) in [5.74, 6) is 3.34. The standard InChI is InChI=1S/C60H72N2O8/c1-5-59(43-67-44-59)41-65-37-9-7-11-39-69-57-33-25-53(26-34-57)61(51-21-29-55(63-3)30-22-51)49-17-13-47(14-18-49)48-15-19-50(20-16-48)62(52-23-31-56(64-4)32-24-52)54-27-35-58(36-28-54)70-40-12-8-10-38-66-42-60(6-2)45-68-46-60/h13-36H,5-12,37-46H2,1-4H3. The van der Waals surface area contributed by atoms with E-state index in [1.54, 1.807) is 14.2 Å². The molecule has 0 spiro atoms. The Morgan fingerprint density at radius 1 is 0.371 bits per heavy atom. The molecule has 2 fully saturated rings. The predicted molar refractivity (Wildman–Crippen MR) is 282 cm³/mol. The maximum Gasteiger partial charge on any atom is 0.119 e. The molecule has 0 N–H and O–H groups in total. The normalized spacial score (nSPS) is 14.5. The van der Waals surface area contributed by atoms with Crippen LogP contribution in [0.1, 0.15) is 65.2 Å². The molecule has 0 aliphatic carbocycles. The minimum Gasteiger partial charge on any atom is -0.497 e. The molecule has 6 aromatic rings. The van der Waals surface area contributed by atoms with Crippen molar-refractivity contribution in [1.29, 1.82) is 0 Å². The third kappa shape index (κ3) is 13.2. The Morgan fingerprint density at radius 3 is 0.929 bits per heavy atom. The first-order chi connectivity index (χ1) is 34.4. The van der Waals surface area contributed by atoms with Crippen LogP contribution >= 0.6 is 0 Å². The van der Waals surface area contributed by atoms with Gasteiger partial charge < -0.3 is 47.7 Å². The maximum atomic E-state index is 6.17. The highest BCUT2D eigenvalue weighted by Gasteiger charge is 2.37. The number of unbranched alkanes of at least 4 members (excludes halogenated alkanes) is 4. The molecule has 8 rings (SSSR count). The highest BCUT2D eigenvalue weighted by Crippen LogP contribution is 2.40. The third-order valence-electron chi connectivity index (χ3n) is 13.8. The van der Waals surface area contributed by atoms with Gasteiger partial charge in [0.2, 0.25) is 0 Å². The number of methoxy groups -OCH3 is 2. The fourth-order valence-electron chi connectivity index (χ4n) is 8.83. The van der Waals surface area contributed by atoms with E-state index in [0.717, 1.165) is 172 Å². The predicted octanol–water partition coefficient (Wildman–Crippen LogP) is 14.3. The molecule has 370 valence electrons. The second-order valence-corrected chi connectivity index (χ2v) is 18.8. The van der Waals surface area contributed by atoms with Gasteiger partial charge in [0.25, 0.3) is 0 Å². The van der Waals surface area contributed by atoms with E-state index in [1.807, 2.05) is 24.3 Å². The summed E-state index contributed by atoms with van der Waals surface area (Å²) >= 11 is 0. The van der Waals surface area contributed by atoms with Gasteiger partial charge in [0.1, 0.15) is 23.0 Å². The van der Waals surface area contributed by atoms with E-state index >= 15 is 0 Å². The summed E-state index contributed by atoms with van der Waals surface area (Å²) in [4.78, 5) is 4.51. The zero-order valence-corrected chi connectivity index (χ0v) is 41.7. The summed E-state index contributed by atoms with van der Waals surface area (Å²) in [7, 11) is 3.38. The average Bonchev–Trinajstić information content (AvgIpc) is 3.39. The number of ether oxygens (including phenoxy) is 8. The number of rotatable bonds is 29. The van der Waals surface area contributed by atoms with Crippen LogP contribution in [0, 0.1) is 10.8 Å². The lowest BCUT2D eigenvalue weighted by molar-refractivity contribution is -0.150. The minimum absolute atomic E-state index is 0.242. The van der Waals surface area contributed by atoms with Gasteiger partial charge >= 0.3 is 0 Å². The molecular weight excluding hydrogens is 877 g/mol. The van der Waals surface area contributed by atoms with E-state index in [9.17, 15) is 0 Å². The zero-order valence-electron chi connectivity index (χ0n) is 41.7. The lowest BCUT2D eigenvalue weighted by Gasteiger charge is -2.40. The highest BCUT2D eigenvalue weighted by atomic mass is 16.5. The van der Waals surface area contributed by atoms with Crippen LogP contribution in [0.5, 0.6) is 23.0 Å². The van der Waals surface area contributed by atoms with Crippen molar-refractivity contribution >= 4 is 34.1 Å². The number of anilines is 6. The minimum atomic E-state index is 0.242. The van der Waals surface area contributed by atoms with Crippen molar-refractivity contribution in [1.82, 2.24) is 0 Å². The van der Waals surface area contributed by atoms with E-state index in [-0.39, 0.29) is 10.8 Å². The van der Waals surface area contributed by atoms with E-state index in [0.29, 0.717) is 13.2 Å². The van der Waals surface area contributed by atoms with E-state index < -0.39 is 0 Å². The van der Waals surface area contributed by atoms with Crippen molar-refractivity contribution in [3.8, 4) is 34.1 Å². The average molecular weight is 949 g/mol. The van der Waals surface area contributed by atoms with Crippen LogP contribution in [0.25, 0.3) is 11.1 Å². The number of hydrogen-bond donors (Lipinski definition) is 0. The molecule has 2 saturated heterocycles. The van der Waals surface area contributed by atoms with E-state index in [1.165, 1.54) is 0 Å². The monoisotopic (exact) mass is 949 g/mol. The van der Waals surface area contributed by atoms with Gasteiger partial charge in [-0.25, -0.2) is 0 Å². The first kappa shape index (κ1) is 50.4. The number of benzene rings is 6. The summed E-state index contributed by atoms with van der Waals surface area (Å²) in [5, 5.41) is 0. The Kier molecular flexibility index (Phi) is 18.1. The van der Waals surface area contributed by atoms with Crippen molar-refractivity contribution in [3.05, 3.63) is 146 Å². The molecule has 0 radical (unpaired) electrons. The third-order valence-corrected chi connectivity index (χ3v) is 13.8.